The van der Waals surface area contributed by atoms with E-state index in [9.17, 15) is 0 Å². The van der Waals surface area contributed by atoms with Crippen molar-refractivity contribution in [2.45, 2.75) is 26.4 Å². The molecule has 1 unspecified atom stereocenters. The molecule has 1 atom stereocenters. The molecule has 0 amide bonds. The van der Waals surface area contributed by atoms with Gasteiger partial charge in [0.15, 0.2) is 0 Å². The number of methoxy groups -OCH3 is 1. The number of rotatable bonds is 3. The Labute approximate surface area is 63.5 Å². The monoisotopic (exact) mass is 146 g/mol. The molecule has 10 heavy (non-hydrogen) atoms. The lowest BCUT2D eigenvalue weighted by atomic mass is 10.3. The third-order valence-corrected chi connectivity index (χ3v) is 0.830. The summed E-state index contributed by atoms with van der Waals surface area (Å²) >= 11 is 0. The molecule has 0 aromatic rings. The van der Waals surface area contributed by atoms with Crippen LogP contribution in [0.15, 0.2) is 12.7 Å². The highest BCUT2D eigenvalue weighted by Crippen LogP contribution is 1.87. The van der Waals surface area contributed by atoms with E-state index in [1.165, 1.54) is 0 Å². The van der Waals surface area contributed by atoms with Crippen molar-refractivity contribution in [3.8, 4) is 0 Å². The summed E-state index contributed by atoms with van der Waals surface area (Å²) in [7, 11) is 1.58. The molecule has 0 fully saturated rings. The van der Waals surface area contributed by atoms with Crippen LogP contribution in [0.5, 0.6) is 0 Å². The van der Waals surface area contributed by atoms with Crippen LogP contribution in [0.3, 0.4) is 0 Å². The molecule has 2 nitrogen and oxygen atoms in total. The summed E-state index contributed by atoms with van der Waals surface area (Å²) in [6.07, 6.45) is 2.25. The molecule has 0 saturated heterocycles. The molecule has 0 spiro atoms. The minimum absolute atomic E-state index is 0.273. The quantitative estimate of drug-likeness (QED) is 0.613. The van der Waals surface area contributed by atoms with Crippen LogP contribution in [0.25, 0.3) is 0 Å². The molecule has 0 aliphatic rings. The van der Waals surface area contributed by atoms with Gasteiger partial charge in [-0.2, -0.15) is 0 Å². The van der Waals surface area contributed by atoms with Gasteiger partial charge in [-0.15, -0.1) is 6.58 Å². The number of aliphatic hydroxyl groups is 1. The van der Waals surface area contributed by atoms with E-state index in [2.05, 4.69) is 11.3 Å². The van der Waals surface area contributed by atoms with Crippen molar-refractivity contribution in [2.75, 3.05) is 13.7 Å². The van der Waals surface area contributed by atoms with Crippen molar-refractivity contribution in [3.05, 3.63) is 12.7 Å². The van der Waals surface area contributed by atoms with Gasteiger partial charge in [0.25, 0.3) is 0 Å². The maximum atomic E-state index is 8.73. The van der Waals surface area contributed by atoms with E-state index in [1.54, 1.807) is 13.2 Å². The topological polar surface area (TPSA) is 29.5 Å². The molecule has 0 aromatic carbocycles. The smallest absolute Gasteiger partial charge is 0.0770 e. The first-order valence-corrected chi connectivity index (χ1v) is 3.46. The van der Waals surface area contributed by atoms with Crippen molar-refractivity contribution in [1.29, 1.82) is 0 Å². The SMILES string of the molecule is C=CC.CCC(O)COC. The Morgan fingerprint density at radius 2 is 2.10 bits per heavy atom. The number of hydrogen-bond acceptors (Lipinski definition) is 2. The second-order valence-electron chi connectivity index (χ2n) is 1.93. The predicted molar refractivity (Wildman–Crippen MR) is 44.0 cm³/mol. The van der Waals surface area contributed by atoms with E-state index in [0.29, 0.717) is 6.61 Å². The van der Waals surface area contributed by atoms with Gasteiger partial charge in [0.1, 0.15) is 0 Å². The number of aliphatic hydroxyl groups excluding tert-OH is 1. The van der Waals surface area contributed by atoms with Crippen molar-refractivity contribution < 1.29 is 9.84 Å². The lowest BCUT2D eigenvalue weighted by Crippen LogP contribution is -2.11. The molecule has 0 aliphatic heterocycles. The third-order valence-electron chi connectivity index (χ3n) is 0.830. The minimum Gasteiger partial charge on any atom is -0.391 e. The molecule has 0 rings (SSSR count). The molecule has 2 heteroatoms. The van der Waals surface area contributed by atoms with Crippen LogP contribution in [-0.2, 0) is 4.74 Å². The zero-order chi connectivity index (χ0) is 8.41. The highest BCUT2D eigenvalue weighted by atomic mass is 16.5. The third kappa shape index (κ3) is 15.6. The second kappa shape index (κ2) is 11.5. The van der Waals surface area contributed by atoms with E-state index in [0.717, 1.165) is 6.42 Å². The summed E-state index contributed by atoms with van der Waals surface area (Å²) in [6.45, 7) is 7.63. The van der Waals surface area contributed by atoms with E-state index < -0.39 is 0 Å². The maximum absolute atomic E-state index is 8.73. The van der Waals surface area contributed by atoms with Crippen LogP contribution in [-0.4, -0.2) is 24.9 Å². The first kappa shape index (κ1) is 12.3. The van der Waals surface area contributed by atoms with Gasteiger partial charge in [0.05, 0.1) is 12.7 Å². The Bertz CT molecular complexity index is 62.3. The lowest BCUT2D eigenvalue weighted by Gasteiger charge is -2.02. The molecule has 0 radical (unpaired) electrons. The Morgan fingerprint density at radius 1 is 1.70 bits per heavy atom. The number of ether oxygens (including phenoxy) is 1. The molecular formula is C8H18O2. The summed E-state index contributed by atoms with van der Waals surface area (Å²) < 4.78 is 4.64. The van der Waals surface area contributed by atoms with Crippen molar-refractivity contribution >= 4 is 0 Å². The van der Waals surface area contributed by atoms with Gasteiger partial charge >= 0.3 is 0 Å². The fourth-order valence-electron chi connectivity index (χ4n) is 0.310. The van der Waals surface area contributed by atoms with Crippen LogP contribution in [0.4, 0.5) is 0 Å². The zero-order valence-electron chi connectivity index (χ0n) is 7.13. The van der Waals surface area contributed by atoms with Gasteiger partial charge < -0.3 is 9.84 Å². The van der Waals surface area contributed by atoms with Crippen molar-refractivity contribution in [2.24, 2.45) is 0 Å². The van der Waals surface area contributed by atoms with Crippen molar-refractivity contribution in [3.63, 3.8) is 0 Å². The van der Waals surface area contributed by atoms with Crippen LogP contribution < -0.4 is 0 Å². The largest absolute Gasteiger partial charge is 0.391 e. The van der Waals surface area contributed by atoms with Gasteiger partial charge in [0, 0.05) is 7.11 Å². The van der Waals surface area contributed by atoms with E-state index >= 15 is 0 Å². The first-order valence-electron chi connectivity index (χ1n) is 3.46. The zero-order valence-corrected chi connectivity index (χ0v) is 7.13. The highest BCUT2D eigenvalue weighted by Gasteiger charge is 1.95. The first-order chi connectivity index (χ1) is 4.72. The molecule has 0 bridgehead atoms. The van der Waals surface area contributed by atoms with Gasteiger partial charge in [-0.05, 0) is 13.3 Å². The molecule has 0 saturated carbocycles. The summed E-state index contributed by atoms with van der Waals surface area (Å²) in [5, 5.41) is 8.73. The highest BCUT2D eigenvalue weighted by molar-refractivity contribution is 4.51. The molecule has 62 valence electrons. The van der Waals surface area contributed by atoms with Crippen LogP contribution >= 0.6 is 0 Å². The van der Waals surface area contributed by atoms with E-state index in [1.807, 2.05) is 13.8 Å². The summed E-state index contributed by atoms with van der Waals surface area (Å²) in [4.78, 5) is 0. The summed E-state index contributed by atoms with van der Waals surface area (Å²) in [5.74, 6) is 0. The number of allylic oxidation sites excluding steroid dienone is 1. The Balaban J connectivity index is 0. The second-order valence-corrected chi connectivity index (χ2v) is 1.93. The Hall–Kier alpha value is -0.340. The summed E-state index contributed by atoms with van der Waals surface area (Å²) in [5.41, 5.74) is 0. The average Bonchev–Trinajstić information content (AvgIpc) is 1.90. The Morgan fingerprint density at radius 3 is 2.20 bits per heavy atom. The standard InChI is InChI=1S/C5H12O2.C3H6/c1-3-5(6)4-7-2;1-3-2/h5-6H,3-4H2,1-2H3;3H,1H2,2H3. The van der Waals surface area contributed by atoms with Gasteiger partial charge in [-0.1, -0.05) is 13.0 Å². The van der Waals surface area contributed by atoms with E-state index in [4.69, 9.17) is 5.11 Å². The van der Waals surface area contributed by atoms with Crippen LogP contribution in [0.2, 0.25) is 0 Å². The lowest BCUT2D eigenvalue weighted by molar-refractivity contribution is 0.0625. The van der Waals surface area contributed by atoms with Gasteiger partial charge in [0.2, 0.25) is 0 Å². The normalized spacial score (nSPS) is 11.2. The molecule has 0 heterocycles. The predicted octanol–water partition coefficient (Wildman–Crippen LogP) is 1.60. The molecule has 0 aliphatic carbocycles. The molecule has 0 aromatic heterocycles. The maximum Gasteiger partial charge on any atom is 0.0770 e. The minimum atomic E-state index is -0.273. The van der Waals surface area contributed by atoms with Gasteiger partial charge in [-0.25, -0.2) is 0 Å². The fraction of sp³-hybridized carbons (Fsp3) is 0.750. The van der Waals surface area contributed by atoms with Crippen molar-refractivity contribution in [1.82, 2.24) is 0 Å². The number of hydrogen-bond donors (Lipinski definition) is 1. The molecular weight excluding hydrogens is 128 g/mol. The van der Waals surface area contributed by atoms with E-state index in [-0.39, 0.29) is 6.10 Å². The fourth-order valence-corrected chi connectivity index (χ4v) is 0.310. The summed E-state index contributed by atoms with van der Waals surface area (Å²) in [6, 6.07) is 0. The Kier molecular flexibility index (Phi) is 14.1. The molecule has 1 N–H and O–H groups in total. The van der Waals surface area contributed by atoms with Crippen LogP contribution in [0.1, 0.15) is 20.3 Å². The van der Waals surface area contributed by atoms with Crippen LogP contribution in [0, 0.1) is 0 Å². The average molecular weight is 146 g/mol. The van der Waals surface area contributed by atoms with Gasteiger partial charge in [-0.3, -0.25) is 0 Å².